The van der Waals surface area contributed by atoms with Gasteiger partial charge in [0.05, 0.1) is 24.5 Å². The number of fused-ring (bicyclic) bond motifs is 2. The van der Waals surface area contributed by atoms with Crippen molar-refractivity contribution in [3.63, 3.8) is 0 Å². The Bertz CT molecular complexity index is 738. The summed E-state index contributed by atoms with van der Waals surface area (Å²) >= 11 is 0. The van der Waals surface area contributed by atoms with Crippen molar-refractivity contribution in [2.45, 2.75) is 63.2 Å². The summed E-state index contributed by atoms with van der Waals surface area (Å²) in [6.45, 7) is 2.68. The van der Waals surface area contributed by atoms with Crippen molar-refractivity contribution < 1.29 is 49.6 Å². The topological polar surface area (TPSA) is 107 Å². The highest BCUT2D eigenvalue weighted by atomic mass is 32.2. The van der Waals surface area contributed by atoms with Gasteiger partial charge < -0.3 is 9.47 Å². The zero-order valence-corrected chi connectivity index (χ0v) is 16.8. The van der Waals surface area contributed by atoms with Gasteiger partial charge in [-0.05, 0) is 51.4 Å². The largest absolute Gasteiger partial charge is 0.465 e. The van der Waals surface area contributed by atoms with E-state index in [4.69, 9.17) is 14.0 Å². The predicted molar refractivity (Wildman–Crippen MR) is 90.7 cm³/mol. The SMILES string of the molecule is CC(C)OC(=O)C1C2CCC(C2)C1C(=O)OCCCC(F)(F)C(F)(F)S(=O)(=O)O. The van der Waals surface area contributed by atoms with Crippen molar-refractivity contribution in [3.05, 3.63) is 0 Å². The maximum absolute atomic E-state index is 13.4. The first kappa shape index (κ1) is 23.8. The molecule has 2 saturated carbocycles. The Labute approximate surface area is 165 Å². The molecule has 0 amide bonds. The van der Waals surface area contributed by atoms with E-state index < -0.39 is 64.5 Å². The highest BCUT2D eigenvalue weighted by molar-refractivity contribution is 7.87. The normalized spacial score (nSPS) is 27.3. The second-order valence-corrected chi connectivity index (χ2v) is 9.30. The fourth-order valence-electron chi connectivity index (χ4n) is 4.18. The van der Waals surface area contributed by atoms with Crippen molar-refractivity contribution in [2.24, 2.45) is 23.7 Å². The monoisotopic (exact) mass is 448 g/mol. The van der Waals surface area contributed by atoms with Gasteiger partial charge in [-0.2, -0.15) is 26.0 Å². The minimum absolute atomic E-state index is 0.0263. The predicted octanol–water partition coefficient (Wildman–Crippen LogP) is 3.04. The number of carbonyl (C=O) groups is 2. The third-order valence-corrected chi connectivity index (χ3v) is 6.39. The molecule has 1 N–H and O–H groups in total. The van der Waals surface area contributed by atoms with E-state index >= 15 is 0 Å². The van der Waals surface area contributed by atoms with Crippen LogP contribution < -0.4 is 0 Å². The smallest absolute Gasteiger partial charge is 0.431 e. The molecule has 2 aliphatic carbocycles. The van der Waals surface area contributed by atoms with E-state index in [-0.39, 0.29) is 17.9 Å². The van der Waals surface area contributed by atoms with Crippen LogP contribution in [0.15, 0.2) is 0 Å². The summed E-state index contributed by atoms with van der Waals surface area (Å²) in [7, 11) is -6.30. The molecule has 4 atom stereocenters. The fourth-order valence-corrected chi connectivity index (χ4v) is 4.66. The van der Waals surface area contributed by atoms with Crippen molar-refractivity contribution in [1.82, 2.24) is 0 Å². The molecule has 0 spiro atoms. The zero-order valence-electron chi connectivity index (χ0n) is 15.9. The third-order valence-electron chi connectivity index (χ3n) is 5.44. The van der Waals surface area contributed by atoms with Gasteiger partial charge in [0.1, 0.15) is 0 Å². The summed E-state index contributed by atoms with van der Waals surface area (Å²) in [5.74, 6) is -7.93. The molecule has 2 rings (SSSR count). The third kappa shape index (κ3) is 4.84. The van der Waals surface area contributed by atoms with Crippen LogP contribution in [0.4, 0.5) is 17.6 Å². The van der Waals surface area contributed by atoms with Crippen LogP contribution in [-0.2, 0) is 29.2 Å². The molecular formula is C17H24F4O7S. The molecule has 2 aliphatic rings. The molecule has 0 radical (unpaired) electrons. The van der Waals surface area contributed by atoms with E-state index in [9.17, 15) is 35.6 Å². The molecule has 2 bridgehead atoms. The van der Waals surface area contributed by atoms with Crippen LogP contribution in [0.25, 0.3) is 0 Å². The van der Waals surface area contributed by atoms with E-state index in [1.54, 1.807) is 13.8 Å². The van der Waals surface area contributed by atoms with Crippen LogP contribution in [0.1, 0.15) is 46.0 Å². The summed E-state index contributed by atoms with van der Waals surface area (Å²) in [5.41, 5.74) is 0. The van der Waals surface area contributed by atoms with Gasteiger partial charge in [-0.25, -0.2) is 0 Å². The maximum atomic E-state index is 13.4. The Balaban J connectivity index is 1.92. The molecule has 0 aromatic carbocycles. The lowest BCUT2D eigenvalue weighted by Gasteiger charge is -2.28. The Kier molecular flexibility index (Phi) is 6.88. The molecule has 0 heterocycles. The number of hydrogen-bond acceptors (Lipinski definition) is 6. The summed E-state index contributed by atoms with van der Waals surface area (Å²) in [6.07, 6.45) is -0.618. The summed E-state index contributed by atoms with van der Waals surface area (Å²) in [5, 5.41) is -5.65. The lowest BCUT2D eigenvalue weighted by molar-refractivity contribution is -0.171. The van der Waals surface area contributed by atoms with Gasteiger partial charge in [-0.1, -0.05) is 0 Å². The number of rotatable bonds is 9. The molecule has 0 aliphatic heterocycles. The Morgan fingerprint density at radius 2 is 1.59 bits per heavy atom. The van der Waals surface area contributed by atoms with Crippen molar-refractivity contribution >= 4 is 22.1 Å². The van der Waals surface area contributed by atoms with Gasteiger partial charge in [-0.3, -0.25) is 14.1 Å². The first-order valence-electron chi connectivity index (χ1n) is 9.29. The van der Waals surface area contributed by atoms with Crippen LogP contribution in [0.2, 0.25) is 0 Å². The molecule has 0 saturated heterocycles. The highest BCUT2D eigenvalue weighted by Gasteiger charge is 2.65. The van der Waals surface area contributed by atoms with E-state index in [1.807, 2.05) is 0 Å². The summed E-state index contributed by atoms with van der Waals surface area (Å²) in [6, 6.07) is 0. The summed E-state index contributed by atoms with van der Waals surface area (Å²) < 4.78 is 92.5. The van der Waals surface area contributed by atoms with E-state index in [2.05, 4.69) is 0 Å². The Morgan fingerprint density at radius 1 is 1.07 bits per heavy atom. The van der Waals surface area contributed by atoms with Crippen molar-refractivity contribution in [1.29, 1.82) is 0 Å². The van der Waals surface area contributed by atoms with E-state index in [0.29, 0.717) is 12.8 Å². The zero-order chi connectivity index (χ0) is 22.2. The number of carbonyl (C=O) groups excluding carboxylic acids is 2. The molecule has 0 aromatic heterocycles. The van der Waals surface area contributed by atoms with Gasteiger partial charge in [0, 0.05) is 6.42 Å². The van der Waals surface area contributed by atoms with Crippen LogP contribution in [0.5, 0.6) is 0 Å². The minimum Gasteiger partial charge on any atom is -0.465 e. The standard InChI is InChI=1S/C17H24F4O7S/c1-9(2)28-15(23)13-11-5-4-10(8-11)12(13)14(22)27-7-3-6-16(18,19)17(20,21)29(24,25)26/h9-13H,3-8H2,1-2H3,(H,24,25,26). The molecule has 0 aromatic rings. The second kappa shape index (κ2) is 8.37. The van der Waals surface area contributed by atoms with Gasteiger partial charge in [0.2, 0.25) is 0 Å². The van der Waals surface area contributed by atoms with E-state index in [0.717, 1.165) is 6.42 Å². The van der Waals surface area contributed by atoms with Gasteiger partial charge in [0.25, 0.3) is 0 Å². The van der Waals surface area contributed by atoms with Gasteiger partial charge >= 0.3 is 33.2 Å². The second-order valence-electron chi connectivity index (χ2n) is 7.84. The number of hydrogen-bond donors (Lipinski definition) is 1. The van der Waals surface area contributed by atoms with Crippen LogP contribution in [0, 0.1) is 23.7 Å². The molecule has 29 heavy (non-hydrogen) atoms. The average molecular weight is 448 g/mol. The highest BCUT2D eigenvalue weighted by Crippen LogP contribution is 2.53. The van der Waals surface area contributed by atoms with Crippen molar-refractivity contribution in [2.75, 3.05) is 6.61 Å². The van der Waals surface area contributed by atoms with Crippen molar-refractivity contribution in [3.8, 4) is 0 Å². The molecule has 2 fully saturated rings. The minimum atomic E-state index is -6.30. The summed E-state index contributed by atoms with van der Waals surface area (Å²) in [4.78, 5) is 24.7. The van der Waals surface area contributed by atoms with E-state index in [1.165, 1.54) is 0 Å². The van der Waals surface area contributed by atoms with Crippen LogP contribution in [0.3, 0.4) is 0 Å². The van der Waals surface area contributed by atoms with Crippen LogP contribution >= 0.6 is 0 Å². The number of ether oxygens (including phenoxy) is 2. The Morgan fingerprint density at radius 3 is 2.07 bits per heavy atom. The maximum Gasteiger partial charge on any atom is 0.431 e. The Hall–Kier alpha value is -1.43. The average Bonchev–Trinajstić information content (AvgIpc) is 3.17. The first-order chi connectivity index (χ1) is 13.2. The molecule has 4 unspecified atom stereocenters. The molecule has 12 heteroatoms. The molecule has 7 nitrogen and oxygen atoms in total. The fraction of sp³-hybridized carbons (Fsp3) is 0.882. The van der Waals surface area contributed by atoms with Gasteiger partial charge in [0.15, 0.2) is 0 Å². The first-order valence-corrected chi connectivity index (χ1v) is 10.7. The number of esters is 2. The lowest BCUT2D eigenvalue weighted by atomic mass is 9.79. The number of halogens is 4. The molecule has 168 valence electrons. The lowest BCUT2D eigenvalue weighted by Crippen LogP contribution is -2.46. The number of alkyl halides is 4. The van der Waals surface area contributed by atoms with Crippen LogP contribution in [-0.4, -0.2) is 48.8 Å². The quantitative estimate of drug-likeness (QED) is 0.250. The molecular weight excluding hydrogens is 424 g/mol. The van der Waals surface area contributed by atoms with Gasteiger partial charge in [-0.15, -0.1) is 0 Å².